The van der Waals surface area contributed by atoms with E-state index in [0.717, 1.165) is 17.0 Å². The molecule has 1 heterocycles. The van der Waals surface area contributed by atoms with E-state index in [-0.39, 0.29) is 5.82 Å². The van der Waals surface area contributed by atoms with Gasteiger partial charge < -0.3 is 15.4 Å². The van der Waals surface area contributed by atoms with Crippen molar-refractivity contribution >= 4 is 34.9 Å². The lowest BCUT2D eigenvalue weighted by molar-refractivity contribution is 0.417. The fourth-order valence-corrected chi connectivity index (χ4v) is 2.97. The molecule has 0 saturated carbocycles. The Kier molecular flexibility index (Phi) is 7.45. The van der Waals surface area contributed by atoms with Crippen molar-refractivity contribution in [2.75, 3.05) is 17.7 Å². The minimum atomic E-state index is -0.296. The van der Waals surface area contributed by atoms with E-state index in [0.29, 0.717) is 35.0 Å². The molecule has 0 atom stereocenters. The highest BCUT2D eigenvalue weighted by atomic mass is 32.1. The number of anilines is 2. The maximum atomic E-state index is 13.2. The standard InChI is InChI=1S/C22H23FN6OS/c1-14-12-15(2)26-21(25-14)28-20(24-13-16-8-10-17(23)11-9-16)29-22(31)27-18-6-4-5-7-19(18)30-3/h4-12H,13H2,1-3H3,(H3,24,25,26,27,28,29,31). The van der Waals surface area contributed by atoms with Gasteiger partial charge in [0, 0.05) is 11.4 Å². The Morgan fingerprint density at radius 1 is 1.03 bits per heavy atom. The van der Waals surface area contributed by atoms with Crippen LogP contribution in [0.15, 0.2) is 59.6 Å². The molecule has 0 radical (unpaired) electrons. The lowest BCUT2D eigenvalue weighted by Crippen LogP contribution is -2.39. The van der Waals surface area contributed by atoms with Crippen LogP contribution < -0.4 is 20.7 Å². The zero-order valence-corrected chi connectivity index (χ0v) is 18.3. The molecule has 0 aliphatic rings. The third-order valence-electron chi connectivity index (χ3n) is 4.13. The van der Waals surface area contributed by atoms with Crippen LogP contribution in [0.25, 0.3) is 0 Å². The summed E-state index contributed by atoms with van der Waals surface area (Å²) in [7, 11) is 1.59. The Labute approximate surface area is 185 Å². The third kappa shape index (κ3) is 6.71. The van der Waals surface area contributed by atoms with E-state index in [4.69, 9.17) is 17.0 Å². The highest BCUT2D eigenvalue weighted by Gasteiger charge is 2.09. The van der Waals surface area contributed by atoms with E-state index >= 15 is 0 Å². The van der Waals surface area contributed by atoms with Crippen molar-refractivity contribution in [3.05, 3.63) is 77.4 Å². The first-order valence-electron chi connectivity index (χ1n) is 9.52. The number of para-hydroxylation sites is 2. The lowest BCUT2D eigenvalue weighted by atomic mass is 10.2. The maximum absolute atomic E-state index is 13.2. The van der Waals surface area contributed by atoms with Gasteiger partial charge in [-0.05, 0) is 62.0 Å². The molecule has 3 rings (SSSR count). The normalized spacial score (nSPS) is 11.0. The molecule has 2 aromatic carbocycles. The quantitative estimate of drug-likeness (QED) is 0.313. The summed E-state index contributed by atoms with van der Waals surface area (Å²) in [6.07, 6.45) is 0. The molecular weight excluding hydrogens is 415 g/mol. The molecule has 7 nitrogen and oxygen atoms in total. The summed E-state index contributed by atoms with van der Waals surface area (Å²) in [5.74, 6) is 1.10. The zero-order valence-electron chi connectivity index (χ0n) is 17.4. The van der Waals surface area contributed by atoms with Gasteiger partial charge in [-0.15, -0.1) is 0 Å². The molecule has 0 amide bonds. The molecule has 31 heavy (non-hydrogen) atoms. The number of rotatable bonds is 5. The van der Waals surface area contributed by atoms with Gasteiger partial charge in [0.05, 0.1) is 19.3 Å². The summed E-state index contributed by atoms with van der Waals surface area (Å²) in [5, 5.41) is 9.50. The largest absolute Gasteiger partial charge is 0.495 e. The first-order chi connectivity index (χ1) is 14.9. The van der Waals surface area contributed by atoms with Gasteiger partial charge >= 0.3 is 0 Å². The Bertz CT molecular complexity index is 1070. The molecule has 3 N–H and O–H groups in total. The zero-order chi connectivity index (χ0) is 22.2. The van der Waals surface area contributed by atoms with Crippen LogP contribution in [0.3, 0.4) is 0 Å². The maximum Gasteiger partial charge on any atom is 0.229 e. The lowest BCUT2D eigenvalue weighted by Gasteiger charge is -2.15. The molecule has 0 saturated heterocycles. The molecule has 0 aliphatic carbocycles. The second-order valence-electron chi connectivity index (χ2n) is 6.67. The number of thiocarbonyl (C=S) groups is 1. The van der Waals surface area contributed by atoms with E-state index in [1.165, 1.54) is 12.1 Å². The molecule has 9 heteroatoms. The van der Waals surface area contributed by atoms with Gasteiger partial charge in [0.2, 0.25) is 11.9 Å². The Morgan fingerprint density at radius 3 is 2.39 bits per heavy atom. The van der Waals surface area contributed by atoms with Crippen LogP contribution in [-0.2, 0) is 6.54 Å². The smallest absolute Gasteiger partial charge is 0.229 e. The van der Waals surface area contributed by atoms with Crippen molar-refractivity contribution in [1.29, 1.82) is 0 Å². The third-order valence-corrected chi connectivity index (χ3v) is 4.34. The summed E-state index contributed by atoms with van der Waals surface area (Å²) < 4.78 is 18.5. The summed E-state index contributed by atoms with van der Waals surface area (Å²) >= 11 is 5.45. The number of aromatic nitrogens is 2. The molecule has 0 unspecified atom stereocenters. The topological polar surface area (TPSA) is 83.5 Å². The first-order valence-corrected chi connectivity index (χ1v) is 9.93. The predicted molar refractivity (Wildman–Crippen MR) is 125 cm³/mol. The average Bonchev–Trinajstić information content (AvgIpc) is 2.73. The van der Waals surface area contributed by atoms with E-state index in [2.05, 4.69) is 30.9 Å². The number of hydrogen-bond donors (Lipinski definition) is 3. The molecule has 0 fully saturated rings. The second kappa shape index (κ2) is 10.4. The molecule has 160 valence electrons. The van der Waals surface area contributed by atoms with Crippen molar-refractivity contribution in [2.24, 2.45) is 4.99 Å². The van der Waals surface area contributed by atoms with Crippen molar-refractivity contribution in [3.63, 3.8) is 0 Å². The van der Waals surface area contributed by atoms with Crippen molar-refractivity contribution in [2.45, 2.75) is 20.4 Å². The number of halogens is 1. The minimum absolute atomic E-state index is 0.296. The van der Waals surface area contributed by atoms with Gasteiger partial charge in [-0.3, -0.25) is 5.32 Å². The van der Waals surface area contributed by atoms with E-state index in [1.807, 2.05) is 44.2 Å². The van der Waals surface area contributed by atoms with Crippen LogP contribution in [0.5, 0.6) is 5.75 Å². The fourth-order valence-electron chi connectivity index (χ4n) is 2.77. The number of methoxy groups -OCH3 is 1. The Morgan fingerprint density at radius 2 is 1.71 bits per heavy atom. The average molecular weight is 439 g/mol. The number of guanidine groups is 1. The van der Waals surface area contributed by atoms with Crippen molar-refractivity contribution < 1.29 is 9.13 Å². The molecule has 0 bridgehead atoms. The van der Waals surface area contributed by atoms with Gasteiger partial charge in [0.1, 0.15) is 11.6 Å². The first kappa shape index (κ1) is 22.1. The summed E-state index contributed by atoms with van der Waals surface area (Å²) in [5.41, 5.74) is 3.20. The summed E-state index contributed by atoms with van der Waals surface area (Å²) in [6, 6.07) is 15.4. The highest BCUT2D eigenvalue weighted by Crippen LogP contribution is 2.22. The van der Waals surface area contributed by atoms with E-state index in [1.54, 1.807) is 19.2 Å². The monoisotopic (exact) mass is 438 g/mol. The number of benzene rings is 2. The molecule has 0 aliphatic heterocycles. The Hall–Kier alpha value is -3.59. The van der Waals surface area contributed by atoms with Crippen LogP contribution >= 0.6 is 12.2 Å². The van der Waals surface area contributed by atoms with Gasteiger partial charge in [-0.2, -0.15) is 0 Å². The summed E-state index contributed by atoms with van der Waals surface area (Å²) in [4.78, 5) is 13.3. The number of nitrogens with one attached hydrogen (secondary N) is 3. The number of aliphatic imine (C=N–C) groups is 1. The van der Waals surface area contributed by atoms with Crippen LogP contribution in [0, 0.1) is 19.7 Å². The van der Waals surface area contributed by atoms with Gasteiger partial charge in [-0.25, -0.2) is 19.4 Å². The molecule has 3 aromatic rings. The van der Waals surface area contributed by atoms with Gasteiger partial charge in [-0.1, -0.05) is 24.3 Å². The van der Waals surface area contributed by atoms with Crippen LogP contribution in [0.2, 0.25) is 0 Å². The van der Waals surface area contributed by atoms with Crippen molar-refractivity contribution in [3.8, 4) is 5.75 Å². The number of ether oxygens (including phenoxy) is 1. The molecule has 1 aromatic heterocycles. The molecule has 0 spiro atoms. The van der Waals surface area contributed by atoms with Gasteiger partial charge in [0.25, 0.3) is 0 Å². The minimum Gasteiger partial charge on any atom is -0.495 e. The predicted octanol–water partition coefficient (Wildman–Crippen LogP) is 4.20. The van der Waals surface area contributed by atoms with Crippen LogP contribution in [-0.4, -0.2) is 28.1 Å². The summed E-state index contributed by atoms with van der Waals surface area (Å²) in [6.45, 7) is 4.07. The Balaban J connectivity index is 1.79. The number of aryl methyl sites for hydroxylation is 2. The number of nitrogens with zero attached hydrogens (tertiary/aromatic N) is 3. The SMILES string of the molecule is COc1ccccc1NC(=S)NC(=NCc1ccc(F)cc1)Nc1nc(C)cc(C)n1. The fraction of sp³-hybridized carbons (Fsp3) is 0.182. The molecular formula is C22H23FN6OS. The van der Waals surface area contributed by atoms with E-state index < -0.39 is 0 Å². The second-order valence-corrected chi connectivity index (χ2v) is 7.08. The van der Waals surface area contributed by atoms with E-state index in [9.17, 15) is 4.39 Å². The van der Waals surface area contributed by atoms with Crippen LogP contribution in [0.4, 0.5) is 16.0 Å². The van der Waals surface area contributed by atoms with Gasteiger partial charge in [0.15, 0.2) is 5.11 Å². The van der Waals surface area contributed by atoms with Crippen molar-refractivity contribution in [1.82, 2.24) is 15.3 Å². The highest BCUT2D eigenvalue weighted by molar-refractivity contribution is 7.80. The number of hydrogen-bond acceptors (Lipinski definition) is 5. The van der Waals surface area contributed by atoms with Crippen LogP contribution in [0.1, 0.15) is 17.0 Å².